The molecule has 0 unspecified atom stereocenters. The Kier molecular flexibility index (Phi) is 5.70. The largest absolute Gasteiger partial charge is 0.455 e. The van der Waals surface area contributed by atoms with Crippen LogP contribution in [0.4, 0.5) is 0 Å². The minimum atomic E-state index is 0.902. The van der Waals surface area contributed by atoms with E-state index in [-0.39, 0.29) is 0 Å². The molecule has 0 spiro atoms. The molecule has 0 amide bonds. The molecule has 232 valence electrons. The zero-order valence-corrected chi connectivity index (χ0v) is 27.0. The number of para-hydroxylation sites is 4. The highest BCUT2D eigenvalue weighted by Gasteiger charge is 2.20. The van der Waals surface area contributed by atoms with Crippen molar-refractivity contribution < 1.29 is 8.83 Å². The van der Waals surface area contributed by atoms with Crippen LogP contribution in [0.25, 0.3) is 110 Å². The summed E-state index contributed by atoms with van der Waals surface area (Å²) in [5.74, 6) is 0. The number of hydrogen-bond donors (Lipinski definition) is 0. The Hall–Kier alpha value is -6.64. The van der Waals surface area contributed by atoms with Gasteiger partial charge in [-0.05, 0) is 78.8 Å². The lowest BCUT2D eigenvalue weighted by Gasteiger charge is -2.18. The predicted octanol–water partition coefficient (Wildman–Crippen LogP) is 13.9. The van der Waals surface area contributed by atoms with E-state index in [1.807, 2.05) is 12.1 Å². The predicted molar refractivity (Wildman–Crippen MR) is 210 cm³/mol. The molecule has 0 bridgehead atoms. The molecule has 0 N–H and O–H groups in total. The molecule has 11 aromatic rings. The van der Waals surface area contributed by atoms with Gasteiger partial charge in [-0.15, -0.1) is 0 Å². The second kappa shape index (κ2) is 10.4. The average molecular weight is 637 g/mol. The van der Waals surface area contributed by atoms with Crippen LogP contribution in [-0.4, -0.2) is 0 Å². The van der Waals surface area contributed by atoms with Gasteiger partial charge in [-0.25, -0.2) is 0 Å². The van der Waals surface area contributed by atoms with Crippen molar-refractivity contribution in [3.8, 4) is 33.4 Å². The Morgan fingerprint density at radius 3 is 1.32 bits per heavy atom. The van der Waals surface area contributed by atoms with Crippen LogP contribution in [0, 0.1) is 0 Å². The summed E-state index contributed by atoms with van der Waals surface area (Å²) in [5, 5.41) is 11.7. The summed E-state index contributed by atoms with van der Waals surface area (Å²) < 4.78 is 13.2. The van der Waals surface area contributed by atoms with E-state index >= 15 is 0 Å². The third-order valence-electron chi connectivity index (χ3n) is 10.5. The van der Waals surface area contributed by atoms with Gasteiger partial charge in [0.2, 0.25) is 0 Å². The Morgan fingerprint density at radius 2 is 0.740 bits per heavy atom. The fourth-order valence-corrected chi connectivity index (χ4v) is 8.21. The first-order valence-corrected chi connectivity index (χ1v) is 17.1. The molecule has 50 heavy (non-hydrogen) atoms. The lowest BCUT2D eigenvalue weighted by molar-refractivity contribution is 0.669. The van der Waals surface area contributed by atoms with Crippen LogP contribution >= 0.6 is 0 Å². The van der Waals surface area contributed by atoms with Crippen molar-refractivity contribution in [2.75, 3.05) is 0 Å². The van der Waals surface area contributed by atoms with E-state index in [4.69, 9.17) is 8.83 Å². The topological polar surface area (TPSA) is 26.3 Å². The summed E-state index contributed by atoms with van der Waals surface area (Å²) in [6.45, 7) is 0. The van der Waals surface area contributed by atoms with E-state index in [0.29, 0.717) is 0 Å². The first-order valence-electron chi connectivity index (χ1n) is 17.1. The minimum Gasteiger partial charge on any atom is -0.455 e. The molecule has 2 aromatic heterocycles. The maximum atomic E-state index is 6.60. The lowest BCUT2D eigenvalue weighted by atomic mass is 9.85. The van der Waals surface area contributed by atoms with Crippen molar-refractivity contribution in [1.29, 1.82) is 0 Å². The van der Waals surface area contributed by atoms with Gasteiger partial charge in [0.1, 0.15) is 22.3 Å². The summed E-state index contributed by atoms with van der Waals surface area (Å²) in [6, 6.07) is 60.9. The second-order valence-electron chi connectivity index (χ2n) is 13.2. The van der Waals surface area contributed by atoms with E-state index in [9.17, 15) is 0 Å². The maximum absolute atomic E-state index is 6.60. The van der Waals surface area contributed by atoms with E-state index in [1.165, 1.54) is 43.4 Å². The van der Waals surface area contributed by atoms with Gasteiger partial charge in [-0.3, -0.25) is 0 Å². The highest BCUT2D eigenvalue weighted by molar-refractivity contribution is 6.22. The van der Waals surface area contributed by atoms with Gasteiger partial charge in [0.25, 0.3) is 0 Å². The molecular weight excluding hydrogens is 609 g/mol. The summed E-state index contributed by atoms with van der Waals surface area (Å²) in [5.41, 5.74) is 10.5. The van der Waals surface area contributed by atoms with E-state index in [2.05, 4.69) is 158 Å². The minimum absolute atomic E-state index is 0.902. The monoisotopic (exact) mass is 636 g/mol. The molecule has 9 aromatic carbocycles. The highest BCUT2D eigenvalue weighted by atomic mass is 16.3. The van der Waals surface area contributed by atoms with Crippen LogP contribution in [0.3, 0.4) is 0 Å². The molecule has 0 aliphatic heterocycles. The molecule has 2 heteroatoms. The highest BCUT2D eigenvalue weighted by Crippen LogP contribution is 2.46. The van der Waals surface area contributed by atoms with Gasteiger partial charge in [0.05, 0.1) is 0 Å². The van der Waals surface area contributed by atoms with Crippen molar-refractivity contribution in [2.45, 2.75) is 0 Å². The number of rotatable bonds is 3. The van der Waals surface area contributed by atoms with Gasteiger partial charge in [-0.2, -0.15) is 0 Å². The molecule has 11 rings (SSSR count). The van der Waals surface area contributed by atoms with Crippen LogP contribution in [0.5, 0.6) is 0 Å². The molecular formula is C48H28O2. The van der Waals surface area contributed by atoms with Crippen molar-refractivity contribution in [3.63, 3.8) is 0 Å². The quantitative estimate of drug-likeness (QED) is 0.180. The normalized spacial score (nSPS) is 12.0. The molecule has 0 saturated heterocycles. The van der Waals surface area contributed by atoms with Crippen LogP contribution < -0.4 is 0 Å². The summed E-state index contributed by atoms with van der Waals surface area (Å²) in [4.78, 5) is 0. The molecule has 0 aliphatic rings. The second-order valence-corrected chi connectivity index (χ2v) is 13.2. The Labute approximate surface area is 287 Å². The summed E-state index contributed by atoms with van der Waals surface area (Å²) >= 11 is 0. The maximum Gasteiger partial charge on any atom is 0.143 e. The average Bonchev–Trinajstić information content (AvgIpc) is 3.75. The van der Waals surface area contributed by atoms with Crippen LogP contribution in [0.1, 0.15) is 0 Å². The smallest absolute Gasteiger partial charge is 0.143 e. The van der Waals surface area contributed by atoms with Crippen LogP contribution in [-0.2, 0) is 0 Å². The molecule has 2 nitrogen and oxygen atoms in total. The van der Waals surface area contributed by atoms with Gasteiger partial charge in [0.15, 0.2) is 0 Å². The fraction of sp³-hybridized carbons (Fsp3) is 0. The van der Waals surface area contributed by atoms with Crippen LogP contribution in [0.15, 0.2) is 179 Å². The molecule has 0 atom stereocenters. The number of hydrogen-bond acceptors (Lipinski definition) is 2. The third kappa shape index (κ3) is 3.90. The number of benzene rings is 9. The standard InChI is InChI=1S/C48H28O2/c1-2-12-30-27-31(26-25-29(30)11-1)46-36-17-7-15-32(38-19-9-21-40-34-13-3-5-23-44(34)49-47(38)40)42(36)28-43-33(16-8-18-37(43)46)39-20-10-22-41-35-14-4-6-24-45(35)50-48(39)41/h1-28H. The van der Waals surface area contributed by atoms with Crippen LogP contribution in [0.2, 0.25) is 0 Å². The van der Waals surface area contributed by atoms with E-state index in [0.717, 1.165) is 66.1 Å². The first-order chi connectivity index (χ1) is 24.8. The summed E-state index contributed by atoms with van der Waals surface area (Å²) in [6.07, 6.45) is 0. The van der Waals surface area contributed by atoms with Crippen molar-refractivity contribution in [1.82, 2.24) is 0 Å². The third-order valence-corrected chi connectivity index (χ3v) is 10.5. The van der Waals surface area contributed by atoms with Gasteiger partial charge >= 0.3 is 0 Å². The van der Waals surface area contributed by atoms with Crippen molar-refractivity contribution in [2.24, 2.45) is 0 Å². The van der Waals surface area contributed by atoms with Gasteiger partial charge in [0, 0.05) is 32.7 Å². The Balaban J connectivity index is 1.28. The zero-order chi connectivity index (χ0) is 32.8. The molecule has 0 radical (unpaired) electrons. The van der Waals surface area contributed by atoms with Crippen molar-refractivity contribution >= 4 is 76.2 Å². The molecule has 0 aliphatic carbocycles. The molecule has 0 fully saturated rings. The van der Waals surface area contributed by atoms with Crippen molar-refractivity contribution in [3.05, 3.63) is 170 Å². The lowest BCUT2D eigenvalue weighted by Crippen LogP contribution is -1.91. The fourth-order valence-electron chi connectivity index (χ4n) is 8.21. The number of fused-ring (bicyclic) bond motifs is 9. The molecule has 2 heterocycles. The number of furan rings is 2. The zero-order valence-electron chi connectivity index (χ0n) is 27.0. The van der Waals surface area contributed by atoms with Gasteiger partial charge < -0.3 is 8.83 Å². The molecule has 0 saturated carbocycles. The Morgan fingerprint density at radius 1 is 0.280 bits per heavy atom. The van der Waals surface area contributed by atoms with Gasteiger partial charge in [-0.1, -0.05) is 146 Å². The first kappa shape index (κ1) is 27.3. The Bertz CT molecular complexity index is 2980. The van der Waals surface area contributed by atoms with E-state index in [1.54, 1.807) is 0 Å². The summed E-state index contributed by atoms with van der Waals surface area (Å²) in [7, 11) is 0. The van der Waals surface area contributed by atoms with E-state index < -0.39 is 0 Å². The SMILES string of the molecule is c1ccc2cc(-c3c4cccc(-c5cccc6c5oc5ccccc56)c4cc4c(-c5cccc6c5oc5ccccc56)cccc34)ccc2c1.